The van der Waals surface area contributed by atoms with Gasteiger partial charge in [0.05, 0.1) is 0 Å². The molecule has 60 heavy (non-hydrogen) atoms. The quantitative estimate of drug-likeness (QED) is 0.139. The SMILES string of the molecule is C[Si](C)(C)c1cc(-c2cccc3c2C=C[CH]3[Hf]([CH3])([CH3])([CH]2C=Cc3c(-c4cc([Si](C)(C)C)cc([Si](C)(C)C)c4)cccc32)=[Si](C2CCCC2)C2CCCC2)cc([Si](C)(C)C)c1. The van der Waals surface area contributed by atoms with E-state index in [9.17, 15) is 0 Å². The van der Waals surface area contributed by atoms with Gasteiger partial charge in [0.25, 0.3) is 0 Å². The van der Waals surface area contributed by atoms with Crippen LogP contribution in [0.3, 0.4) is 0 Å². The molecule has 4 aromatic carbocycles. The van der Waals surface area contributed by atoms with Gasteiger partial charge in [-0.05, 0) is 0 Å². The molecule has 0 spiro atoms. The zero-order chi connectivity index (χ0) is 43.2. The summed E-state index contributed by atoms with van der Waals surface area (Å²) in [5.74, 6) is 0. The molecule has 0 nitrogen and oxygen atoms in total. The summed E-state index contributed by atoms with van der Waals surface area (Å²) >= 11 is -4.18. The molecule has 2 saturated carbocycles. The van der Waals surface area contributed by atoms with Gasteiger partial charge in [0.15, 0.2) is 0 Å². The number of hydrogen-bond acceptors (Lipinski definition) is 0. The van der Waals surface area contributed by atoms with E-state index < -0.39 is 54.9 Å². The van der Waals surface area contributed by atoms with Crippen molar-refractivity contribution in [3.05, 3.63) is 107 Å². The zero-order valence-corrected chi connectivity index (χ0v) is 48.8. The third kappa shape index (κ3) is 8.05. The number of benzene rings is 4. The summed E-state index contributed by atoms with van der Waals surface area (Å²) in [6.45, 7) is 30.4. The van der Waals surface area contributed by atoms with Crippen LogP contribution in [0.1, 0.15) is 81.0 Å². The normalized spacial score (nSPS) is 20.3. The molecular weight excluding hydrogens is 968 g/mol. The summed E-state index contributed by atoms with van der Waals surface area (Å²) in [7, 11) is -6.10. The number of rotatable bonds is 10. The summed E-state index contributed by atoms with van der Waals surface area (Å²) in [5.41, 5.74) is 13.7. The first-order valence-electron chi connectivity index (χ1n) is 24.0. The van der Waals surface area contributed by atoms with E-state index in [4.69, 9.17) is 0 Å². The average molecular weight is 1050 g/mol. The molecular formula is C54H78HfSi5. The minimum absolute atomic E-state index is 0.585. The van der Waals surface area contributed by atoms with Gasteiger partial charge in [-0.25, -0.2) is 0 Å². The molecule has 0 bridgehead atoms. The van der Waals surface area contributed by atoms with Crippen molar-refractivity contribution in [2.75, 3.05) is 0 Å². The van der Waals surface area contributed by atoms with E-state index in [1.54, 1.807) is 43.0 Å². The van der Waals surface area contributed by atoms with Crippen molar-refractivity contribution in [1.82, 2.24) is 0 Å². The molecule has 0 aliphatic heterocycles. The van der Waals surface area contributed by atoms with Gasteiger partial charge in [-0.2, -0.15) is 0 Å². The third-order valence-corrected chi connectivity index (χ3v) is 79.9. The molecule has 0 heterocycles. The standard InChI is InChI=1S/2C21H27Si2.C10H18Si.2CH3.Hf/c2*1-22(2,3)18-13-17(14-19(15-18)23(4,5)6)21-12-8-10-16-9-7-11-20(16)21;1-2-6-9(5-1)11-10-7-3-4-8-10;;;/h2*7-15H,1-6H3;9-10H,1-8H2;2*1H3;. The van der Waals surface area contributed by atoms with E-state index in [2.05, 4.69) is 185 Å². The van der Waals surface area contributed by atoms with Gasteiger partial charge in [-0.3, -0.25) is 0 Å². The number of hydrogen-bond donors (Lipinski definition) is 0. The predicted molar refractivity (Wildman–Crippen MR) is 281 cm³/mol. The molecule has 0 N–H and O–H groups in total. The van der Waals surface area contributed by atoms with Gasteiger partial charge in [0.1, 0.15) is 0 Å². The molecule has 4 aliphatic carbocycles. The molecule has 0 saturated heterocycles. The Balaban J connectivity index is 1.37. The zero-order valence-electron chi connectivity index (χ0n) is 40.2. The van der Waals surface area contributed by atoms with Crippen LogP contribution < -0.4 is 20.7 Å². The molecule has 318 valence electrons. The van der Waals surface area contributed by atoms with Crippen molar-refractivity contribution in [1.29, 1.82) is 0 Å². The minimum atomic E-state index is -4.18. The Morgan fingerprint density at radius 2 is 0.767 bits per heavy atom. The monoisotopic (exact) mass is 1050 g/mol. The number of fused-ring (bicyclic) bond motifs is 2. The predicted octanol–water partition coefficient (Wildman–Crippen LogP) is 14.7. The topological polar surface area (TPSA) is 0 Å². The first-order chi connectivity index (χ1) is 28.0. The Kier molecular flexibility index (Phi) is 11.8. The van der Waals surface area contributed by atoms with Gasteiger partial charge < -0.3 is 0 Å². The van der Waals surface area contributed by atoms with Gasteiger partial charge in [-0.15, -0.1) is 0 Å². The van der Waals surface area contributed by atoms with Crippen molar-refractivity contribution in [2.45, 2.75) is 158 Å². The molecule has 8 rings (SSSR count). The van der Waals surface area contributed by atoms with Gasteiger partial charge in [0, 0.05) is 0 Å². The Morgan fingerprint density at radius 3 is 1.07 bits per heavy atom. The average Bonchev–Trinajstić information content (AvgIpc) is 4.01. The Hall–Kier alpha value is -1.69. The fourth-order valence-corrected chi connectivity index (χ4v) is 84.6. The second-order valence-electron chi connectivity index (χ2n) is 24.9. The van der Waals surface area contributed by atoms with E-state index >= 15 is 0 Å². The molecule has 6 heteroatoms. The molecule has 4 aliphatic rings. The van der Waals surface area contributed by atoms with Crippen LogP contribution in [0.15, 0.2) is 84.9 Å². The van der Waals surface area contributed by atoms with Crippen LogP contribution in [-0.2, 0) is 17.1 Å². The third-order valence-electron chi connectivity index (χ3n) is 16.2. The van der Waals surface area contributed by atoms with Gasteiger partial charge >= 0.3 is 375 Å². The van der Waals surface area contributed by atoms with Crippen LogP contribution in [0.5, 0.6) is 0 Å². The summed E-state index contributed by atoms with van der Waals surface area (Å²) in [4.78, 5) is 0. The molecule has 2 atom stereocenters. The van der Waals surface area contributed by atoms with E-state index in [0.717, 1.165) is 11.1 Å². The molecule has 2 unspecified atom stereocenters. The van der Waals surface area contributed by atoms with Crippen LogP contribution in [0.2, 0.25) is 99.0 Å². The summed E-state index contributed by atoms with van der Waals surface area (Å²) in [6, 6.07) is 30.8. The maximum atomic E-state index is 3.08. The van der Waals surface area contributed by atoms with E-state index in [-0.39, 0.29) is 0 Å². The molecule has 0 radical (unpaired) electrons. The van der Waals surface area contributed by atoms with Gasteiger partial charge in [-0.1, -0.05) is 0 Å². The fourth-order valence-electron chi connectivity index (χ4n) is 12.7. The van der Waals surface area contributed by atoms with E-state index in [1.165, 1.54) is 73.6 Å². The van der Waals surface area contributed by atoms with Crippen molar-refractivity contribution in [2.24, 2.45) is 0 Å². The Morgan fingerprint density at radius 1 is 0.450 bits per heavy atom. The second-order valence-corrected chi connectivity index (χ2v) is 90.1. The van der Waals surface area contributed by atoms with Gasteiger partial charge in [0.2, 0.25) is 0 Å². The van der Waals surface area contributed by atoms with Crippen LogP contribution in [0.4, 0.5) is 0 Å². The summed E-state index contributed by atoms with van der Waals surface area (Å²) in [6.07, 6.45) is 22.8. The Labute approximate surface area is 371 Å². The molecule has 2 fully saturated rings. The first-order valence-corrected chi connectivity index (χ1v) is 56.4. The van der Waals surface area contributed by atoms with E-state index in [1.807, 2.05) is 0 Å². The molecule has 0 aromatic heterocycles. The number of allylic oxidation sites excluding steroid dienone is 2. The van der Waals surface area contributed by atoms with Crippen molar-refractivity contribution < 1.29 is 17.1 Å². The van der Waals surface area contributed by atoms with Crippen LogP contribution >= 0.6 is 0 Å². The second kappa shape index (κ2) is 15.8. The van der Waals surface area contributed by atoms with Crippen LogP contribution in [0.25, 0.3) is 34.4 Å². The van der Waals surface area contributed by atoms with Crippen LogP contribution in [0, 0.1) is 0 Å². The van der Waals surface area contributed by atoms with Crippen molar-refractivity contribution in [3.8, 4) is 22.3 Å². The van der Waals surface area contributed by atoms with Crippen molar-refractivity contribution >= 4 is 70.7 Å². The molecule has 4 aromatic rings. The maximum absolute atomic E-state index is 4.18. The first kappa shape index (κ1) is 44.9. The van der Waals surface area contributed by atoms with Crippen molar-refractivity contribution in [3.63, 3.8) is 0 Å². The van der Waals surface area contributed by atoms with E-state index in [0.29, 0.717) is 7.35 Å². The summed E-state index contributed by atoms with van der Waals surface area (Å²) < 4.78 is 7.34. The van der Waals surface area contributed by atoms with Crippen LogP contribution in [-0.4, -0.2) is 37.8 Å². The summed E-state index contributed by atoms with van der Waals surface area (Å²) in [5, 5.41) is 6.48. The molecule has 0 amide bonds. The Bertz CT molecular complexity index is 2230. The fraction of sp³-hybridized carbons (Fsp3) is 0.481.